The molecule has 1 heterocycles. The van der Waals surface area contributed by atoms with Crippen LogP contribution >= 0.6 is 11.6 Å². The van der Waals surface area contributed by atoms with E-state index in [1.165, 1.54) is 0 Å². The van der Waals surface area contributed by atoms with Crippen molar-refractivity contribution in [2.45, 2.75) is 13.3 Å². The summed E-state index contributed by atoms with van der Waals surface area (Å²) in [4.78, 5) is 4.02. The van der Waals surface area contributed by atoms with E-state index in [-0.39, 0.29) is 0 Å². The lowest BCUT2D eigenvalue weighted by atomic mass is 10.3. The zero-order valence-corrected chi connectivity index (χ0v) is 8.84. The van der Waals surface area contributed by atoms with Crippen molar-refractivity contribution in [1.29, 1.82) is 0 Å². The molecule has 0 bridgehead atoms. The Morgan fingerprint density at radius 1 is 1.50 bits per heavy atom. The highest BCUT2D eigenvalue weighted by molar-refractivity contribution is 6.18. The van der Waals surface area contributed by atoms with Crippen LogP contribution in [-0.2, 0) is 0 Å². The van der Waals surface area contributed by atoms with Crippen LogP contribution in [0.25, 0.3) is 0 Å². The molecule has 1 aromatic rings. The third-order valence-electron chi connectivity index (χ3n) is 1.48. The maximum Gasteiger partial charge on any atom is 0.138 e. The average Bonchev–Trinajstić information content (AvgIpc) is 2.19. The summed E-state index contributed by atoms with van der Waals surface area (Å²) in [5, 5.41) is 0. The van der Waals surface area contributed by atoms with E-state index in [2.05, 4.69) is 16.8 Å². The molecule has 2 nitrogen and oxygen atoms in total. The van der Waals surface area contributed by atoms with Gasteiger partial charge < -0.3 is 4.74 Å². The van der Waals surface area contributed by atoms with Crippen LogP contribution in [0.3, 0.4) is 0 Å². The lowest BCUT2D eigenvalue weighted by Gasteiger charge is -2.00. The molecular weight excluding hydrogens is 198 g/mol. The van der Waals surface area contributed by atoms with Gasteiger partial charge in [0.25, 0.3) is 0 Å². The number of ether oxygens (including phenoxy) is 1. The average molecular weight is 210 g/mol. The Kier molecular flexibility index (Phi) is 4.88. The third-order valence-corrected chi connectivity index (χ3v) is 1.67. The zero-order chi connectivity index (χ0) is 10.2. The molecule has 0 atom stereocenters. The first-order valence-electron chi connectivity index (χ1n) is 4.49. The van der Waals surface area contributed by atoms with Gasteiger partial charge in [0.05, 0.1) is 12.8 Å². The van der Waals surface area contributed by atoms with Gasteiger partial charge in [-0.3, -0.25) is 4.98 Å². The van der Waals surface area contributed by atoms with Crippen molar-refractivity contribution in [1.82, 2.24) is 4.98 Å². The van der Waals surface area contributed by atoms with Gasteiger partial charge in [-0.1, -0.05) is 11.8 Å². The van der Waals surface area contributed by atoms with Gasteiger partial charge in [0, 0.05) is 24.1 Å². The summed E-state index contributed by atoms with van der Waals surface area (Å²) in [6.45, 7) is 2.58. The zero-order valence-electron chi connectivity index (χ0n) is 8.09. The minimum Gasteiger partial charge on any atom is -0.492 e. The number of alkyl halides is 1. The van der Waals surface area contributed by atoms with E-state index in [4.69, 9.17) is 16.3 Å². The van der Waals surface area contributed by atoms with Gasteiger partial charge in [-0.15, -0.1) is 11.6 Å². The lowest BCUT2D eigenvalue weighted by molar-refractivity contribution is 0.339. The van der Waals surface area contributed by atoms with E-state index < -0.39 is 0 Å². The van der Waals surface area contributed by atoms with Crippen molar-refractivity contribution in [3.8, 4) is 17.6 Å². The van der Waals surface area contributed by atoms with Gasteiger partial charge in [0.1, 0.15) is 5.75 Å². The predicted molar refractivity (Wildman–Crippen MR) is 57.6 cm³/mol. The van der Waals surface area contributed by atoms with Crippen LogP contribution in [0, 0.1) is 11.8 Å². The number of hydrogen-bond donors (Lipinski definition) is 0. The first-order chi connectivity index (χ1) is 6.86. The second-order valence-electron chi connectivity index (χ2n) is 2.58. The SMILES string of the molecule is CCOc1cncc(C#CCCCl)c1. The highest BCUT2D eigenvalue weighted by Gasteiger charge is 1.93. The van der Waals surface area contributed by atoms with Gasteiger partial charge in [-0.05, 0) is 13.0 Å². The second kappa shape index (κ2) is 6.28. The van der Waals surface area contributed by atoms with Crippen molar-refractivity contribution in [3.05, 3.63) is 24.0 Å². The van der Waals surface area contributed by atoms with Crippen molar-refractivity contribution in [3.63, 3.8) is 0 Å². The smallest absolute Gasteiger partial charge is 0.138 e. The van der Waals surface area contributed by atoms with E-state index in [0.29, 0.717) is 18.9 Å². The fourth-order valence-corrected chi connectivity index (χ4v) is 1.04. The van der Waals surface area contributed by atoms with Crippen molar-refractivity contribution in [2.75, 3.05) is 12.5 Å². The van der Waals surface area contributed by atoms with Gasteiger partial charge in [-0.2, -0.15) is 0 Å². The Balaban J connectivity index is 2.69. The van der Waals surface area contributed by atoms with E-state index >= 15 is 0 Å². The normalized spacial score (nSPS) is 9.00. The van der Waals surface area contributed by atoms with Crippen LogP contribution in [0.2, 0.25) is 0 Å². The number of rotatable bonds is 3. The molecule has 0 amide bonds. The number of nitrogens with zero attached hydrogens (tertiary/aromatic N) is 1. The molecule has 0 aliphatic rings. The second-order valence-corrected chi connectivity index (χ2v) is 2.96. The van der Waals surface area contributed by atoms with Gasteiger partial charge in [0.15, 0.2) is 0 Å². The molecule has 1 rings (SSSR count). The minimum absolute atomic E-state index is 0.561. The first-order valence-corrected chi connectivity index (χ1v) is 5.03. The Morgan fingerprint density at radius 2 is 2.36 bits per heavy atom. The minimum atomic E-state index is 0.561. The summed E-state index contributed by atoms with van der Waals surface area (Å²) in [5.41, 5.74) is 0.862. The van der Waals surface area contributed by atoms with Gasteiger partial charge in [-0.25, -0.2) is 0 Å². The topological polar surface area (TPSA) is 22.1 Å². The van der Waals surface area contributed by atoms with E-state index in [9.17, 15) is 0 Å². The van der Waals surface area contributed by atoms with Crippen LogP contribution < -0.4 is 4.74 Å². The molecule has 0 aliphatic heterocycles. The quantitative estimate of drug-likeness (QED) is 0.564. The van der Waals surface area contributed by atoms with Crippen molar-refractivity contribution in [2.24, 2.45) is 0 Å². The monoisotopic (exact) mass is 209 g/mol. The molecule has 1 aromatic heterocycles. The molecule has 3 heteroatoms. The molecule has 0 aromatic carbocycles. The number of hydrogen-bond acceptors (Lipinski definition) is 2. The van der Waals surface area contributed by atoms with Crippen LogP contribution in [-0.4, -0.2) is 17.5 Å². The molecule has 0 unspecified atom stereocenters. The van der Waals surface area contributed by atoms with Crippen LogP contribution in [0.15, 0.2) is 18.5 Å². The molecule has 0 spiro atoms. The van der Waals surface area contributed by atoms with Crippen molar-refractivity contribution < 1.29 is 4.74 Å². The van der Waals surface area contributed by atoms with Crippen LogP contribution in [0.1, 0.15) is 18.9 Å². The van der Waals surface area contributed by atoms with Gasteiger partial charge in [0.2, 0.25) is 0 Å². The predicted octanol–water partition coefficient (Wildman–Crippen LogP) is 2.46. The number of halogens is 1. The lowest BCUT2D eigenvalue weighted by Crippen LogP contribution is -1.92. The number of aromatic nitrogens is 1. The molecule has 0 radical (unpaired) electrons. The maximum atomic E-state index is 5.51. The molecule has 0 aliphatic carbocycles. The summed E-state index contributed by atoms with van der Waals surface area (Å²) in [6.07, 6.45) is 4.08. The highest BCUT2D eigenvalue weighted by Crippen LogP contribution is 2.09. The Bertz CT molecular complexity index is 341. The largest absolute Gasteiger partial charge is 0.492 e. The molecule has 0 saturated heterocycles. The highest BCUT2D eigenvalue weighted by atomic mass is 35.5. The van der Waals surface area contributed by atoms with Crippen LogP contribution in [0.4, 0.5) is 0 Å². The fourth-order valence-electron chi connectivity index (χ4n) is 0.945. The van der Waals surface area contributed by atoms with Gasteiger partial charge >= 0.3 is 0 Å². The van der Waals surface area contributed by atoms with Crippen LogP contribution in [0.5, 0.6) is 5.75 Å². The summed E-state index contributed by atoms with van der Waals surface area (Å²) < 4.78 is 5.30. The Hall–Kier alpha value is -1.20. The molecular formula is C11H12ClNO. The molecule has 0 N–H and O–H groups in total. The van der Waals surface area contributed by atoms with E-state index in [1.54, 1.807) is 12.4 Å². The summed E-state index contributed by atoms with van der Waals surface area (Å²) in [5.74, 6) is 7.23. The maximum absolute atomic E-state index is 5.51. The van der Waals surface area contributed by atoms with Crippen molar-refractivity contribution >= 4 is 11.6 Å². The molecule has 0 saturated carbocycles. The first kappa shape index (κ1) is 10.9. The Labute approximate surface area is 89.3 Å². The fraction of sp³-hybridized carbons (Fsp3) is 0.364. The molecule has 14 heavy (non-hydrogen) atoms. The summed E-state index contributed by atoms with van der Waals surface area (Å²) in [6, 6.07) is 1.87. The van der Waals surface area contributed by atoms with E-state index in [1.807, 2.05) is 13.0 Å². The standard InChI is InChI=1S/C11H12ClNO/c1-2-14-11-7-10(8-13-9-11)5-3-4-6-12/h7-9H,2,4,6H2,1H3. The third kappa shape index (κ3) is 3.68. The molecule has 74 valence electrons. The molecule has 0 fully saturated rings. The van der Waals surface area contributed by atoms with E-state index in [0.717, 1.165) is 11.3 Å². The Morgan fingerprint density at radius 3 is 3.07 bits per heavy atom. The number of pyridine rings is 1. The summed E-state index contributed by atoms with van der Waals surface area (Å²) in [7, 11) is 0. The summed E-state index contributed by atoms with van der Waals surface area (Å²) >= 11 is 5.51.